The molecular weight excluding hydrogens is 312 g/mol. The molecule has 0 saturated carbocycles. The lowest BCUT2D eigenvalue weighted by Crippen LogP contribution is -2.44. The van der Waals surface area contributed by atoms with Gasteiger partial charge in [0, 0.05) is 31.8 Å². The van der Waals surface area contributed by atoms with E-state index < -0.39 is 4.92 Å². The molecule has 0 unspecified atom stereocenters. The van der Waals surface area contributed by atoms with Crippen LogP contribution in [0, 0.1) is 10.1 Å². The first kappa shape index (κ1) is 14.6. The van der Waals surface area contributed by atoms with E-state index >= 15 is 0 Å². The smallest absolute Gasteiger partial charge is 0.269 e. The van der Waals surface area contributed by atoms with E-state index in [2.05, 4.69) is 15.0 Å². The van der Waals surface area contributed by atoms with Crippen molar-refractivity contribution in [3.63, 3.8) is 0 Å². The summed E-state index contributed by atoms with van der Waals surface area (Å²) in [4.78, 5) is 16.9. The van der Waals surface area contributed by atoms with Crippen LogP contribution in [0.2, 0.25) is 0 Å². The number of likely N-dealkylation sites (tertiary alicyclic amines) is 1. The average Bonchev–Trinajstić information content (AvgIpc) is 3.21. The Labute approximate surface area is 136 Å². The SMILES string of the molecule is O=[N+]([O-])c1ccc(CN2CC(c3nc(-c4ccco4)no3)C2)cc1. The molecule has 3 aromatic rings. The largest absolute Gasteiger partial charge is 0.461 e. The molecule has 0 aliphatic carbocycles. The van der Waals surface area contributed by atoms with Crippen molar-refractivity contribution in [3.8, 4) is 11.6 Å². The van der Waals surface area contributed by atoms with Crippen LogP contribution < -0.4 is 0 Å². The van der Waals surface area contributed by atoms with Crippen LogP contribution in [-0.4, -0.2) is 33.1 Å². The molecule has 3 heterocycles. The second-order valence-corrected chi connectivity index (χ2v) is 5.75. The predicted molar refractivity (Wildman–Crippen MR) is 83.1 cm³/mol. The predicted octanol–water partition coefficient (Wildman–Crippen LogP) is 2.84. The molecule has 122 valence electrons. The summed E-state index contributed by atoms with van der Waals surface area (Å²) >= 11 is 0. The van der Waals surface area contributed by atoms with Crippen molar-refractivity contribution in [2.45, 2.75) is 12.5 Å². The number of aromatic nitrogens is 2. The summed E-state index contributed by atoms with van der Waals surface area (Å²) < 4.78 is 10.6. The molecule has 0 spiro atoms. The summed E-state index contributed by atoms with van der Waals surface area (Å²) in [5.41, 5.74) is 1.15. The van der Waals surface area contributed by atoms with E-state index in [4.69, 9.17) is 8.94 Å². The van der Waals surface area contributed by atoms with Crippen molar-refractivity contribution in [1.82, 2.24) is 15.0 Å². The number of nitro groups is 1. The molecule has 1 aromatic carbocycles. The van der Waals surface area contributed by atoms with Gasteiger partial charge in [0.05, 0.1) is 17.1 Å². The van der Waals surface area contributed by atoms with E-state index in [1.54, 1.807) is 30.5 Å². The van der Waals surface area contributed by atoms with Gasteiger partial charge in [0.2, 0.25) is 11.7 Å². The Hall–Kier alpha value is -3.00. The molecule has 8 nitrogen and oxygen atoms in total. The van der Waals surface area contributed by atoms with Crippen molar-refractivity contribution in [2.24, 2.45) is 0 Å². The van der Waals surface area contributed by atoms with Crippen LogP contribution in [-0.2, 0) is 6.54 Å². The van der Waals surface area contributed by atoms with E-state index in [1.807, 2.05) is 0 Å². The van der Waals surface area contributed by atoms with E-state index in [1.165, 1.54) is 12.1 Å². The Balaban J connectivity index is 1.34. The third-order valence-electron chi connectivity index (χ3n) is 4.04. The first-order valence-corrected chi connectivity index (χ1v) is 7.52. The molecular formula is C16H14N4O4. The maximum absolute atomic E-state index is 10.7. The molecule has 8 heteroatoms. The Morgan fingerprint density at radius 3 is 2.71 bits per heavy atom. The van der Waals surface area contributed by atoms with Crippen LogP contribution in [0.25, 0.3) is 11.6 Å². The van der Waals surface area contributed by atoms with E-state index in [9.17, 15) is 10.1 Å². The highest BCUT2D eigenvalue weighted by Crippen LogP contribution is 2.29. The van der Waals surface area contributed by atoms with E-state index in [0.717, 1.165) is 25.2 Å². The van der Waals surface area contributed by atoms with Crippen LogP contribution >= 0.6 is 0 Å². The maximum Gasteiger partial charge on any atom is 0.269 e. The summed E-state index contributed by atoms with van der Waals surface area (Å²) in [6, 6.07) is 10.2. The molecule has 2 aromatic heterocycles. The molecule has 0 radical (unpaired) electrons. The highest BCUT2D eigenvalue weighted by molar-refractivity contribution is 5.44. The summed E-state index contributed by atoms with van der Waals surface area (Å²) in [5.74, 6) is 1.87. The number of nitro benzene ring substituents is 1. The zero-order valence-electron chi connectivity index (χ0n) is 12.7. The first-order valence-electron chi connectivity index (χ1n) is 7.52. The fourth-order valence-corrected chi connectivity index (χ4v) is 2.74. The number of nitrogens with zero attached hydrogens (tertiary/aromatic N) is 4. The van der Waals surface area contributed by atoms with Gasteiger partial charge in [0.1, 0.15) is 0 Å². The van der Waals surface area contributed by atoms with Crippen molar-refractivity contribution in [3.05, 3.63) is 64.2 Å². The van der Waals surface area contributed by atoms with Crippen LogP contribution in [0.1, 0.15) is 17.4 Å². The highest BCUT2D eigenvalue weighted by Gasteiger charge is 2.32. The molecule has 0 N–H and O–H groups in total. The standard InChI is InChI=1S/C16H14N4O4/c21-20(22)13-5-3-11(4-6-13)8-19-9-12(10-19)16-17-15(18-24-16)14-2-1-7-23-14/h1-7,12H,8-10H2. The van der Waals surface area contributed by atoms with Crippen LogP contribution in [0.3, 0.4) is 0 Å². The number of rotatable bonds is 5. The van der Waals surface area contributed by atoms with Crippen molar-refractivity contribution >= 4 is 5.69 Å². The van der Waals surface area contributed by atoms with Gasteiger partial charge in [-0.3, -0.25) is 15.0 Å². The van der Waals surface area contributed by atoms with Crippen LogP contribution in [0.15, 0.2) is 51.6 Å². The third-order valence-corrected chi connectivity index (χ3v) is 4.04. The second-order valence-electron chi connectivity index (χ2n) is 5.75. The molecule has 1 fully saturated rings. The minimum absolute atomic E-state index is 0.108. The summed E-state index contributed by atoms with van der Waals surface area (Å²) in [6.45, 7) is 2.38. The lowest BCUT2D eigenvalue weighted by atomic mass is 9.99. The minimum atomic E-state index is -0.393. The number of non-ortho nitro benzene ring substituents is 1. The molecule has 0 amide bonds. The Morgan fingerprint density at radius 2 is 2.04 bits per heavy atom. The summed E-state index contributed by atoms with van der Waals surface area (Å²) in [6.07, 6.45) is 1.57. The van der Waals surface area contributed by atoms with Gasteiger partial charge < -0.3 is 8.94 Å². The third kappa shape index (κ3) is 2.79. The van der Waals surface area contributed by atoms with Gasteiger partial charge in [-0.05, 0) is 17.7 Å². The molecule has 24 heavy (non-hydrogen) atoms. The first-order chi connectivity index (χ1) is 11.7. The zero-order valence-corrected chi connectivity index (χ0v) is 12.7. The minimum Gasteiger partial charge on any atom is -0.461 e. The lowest BCUT2D eigenvalue weighted by Gasteiger charge is -2.37. The van der Waals surface area contributed by atoms with Crippen LogP contribution in [0.5, 0.6) is 0 Å². The van der Waals surface area contributed by atoms with Gasteiger partial charge in [-0.25, -0.2) is 0 Å². The van der Waals surface area contributed by atoms with Gasteiger partial charge in [-0.1, -0.05) is 17.3 Å². The van der Waals surface area contributed by atoms with Crippen LogP contribution in [0.4, 0.5) is 5.69 Å². The van der Waals surface area contributed by atoms with E-state index in [-0.39, 0.29) is 11.6 Å². The van der Waals surface area contributed by atoms with Gasteiger partial charge in [0.15, 0.2) is 5.76 Å². The Morgan fingerprint density at radius 1 is 1.25 bits per heavy atom. The van der Waals surface area contributed by atoms with E-state index in [0.29, 0.717) is 17.5 Å². The Kier molecular flexibility index (Phi) is 3.58. The fraction of sp³-hybridized carbons (Fsp3) is 0.250. The molecule has 0 bridgehead atoms. The molecule has 1 aliphatic rings. The quantitative estimate of drug-likeness (QED) is 0.525. The second kappa shape index (κ2) is 5.89. The highest BCUT2D eigenvalue weighted by atomic mass is 16.6. The van der Waals surface area contributed by atoms with Crippen molar-refractivity contribution in [1.29, 1.82) is 0 Å². The van der Waals surface area contributed by atoms with Gasteiger partial charge >= 0.3 is 0 Å². The van der Waals surface area contributed by atoms with Crippen molar-refractivity contribution in [2.75, 3.05) is 13.1 Å². The lowest BCUT2D eigenvalue weighted by molar-refractivity contribution is -0.384. The monoisotopic (exact) mass is 326 g/mol. The summed E-state index contributed by atoms with van der Waals surface area (Å²) in [7, 11) is 0. The molecule has 1 saturated heterocycles. The number of hydrogen-bond donors (Lipinski definition) is 0. The molecule has 0 atom stereocenters. The van der Waals surface area contributed by atoms with Gasteiger partial charge in [-0.15, -0.1) is 0 Å². The Bertz CT molecular complexity index is 835. The molecule has 1 aliphatic heterocycles. The number of benzene rings is 1. The summed E-state index contributed by atoms with van der Waals surface area (Å²) in [5, 5.41) is 14.6. The van der Waals surface area contributed by atoms with Gasteiger partial charge in [-0.2, -0.15) is 4.98 Å². The zero-order chi connectivity index (χ0) is 16.5. The topological polar surface area (TPSA) is 98.4 Å². The number of furan rings is 1. The van der Waals surface area contributed by atoms with Crippen molar-refractivity contribution < 1.29 is 13.9 Å². The maximum atomic E-state index is 10.7. The van der Waals surface area contributed by atoms with Gasteiger partial charge in [0.25, 0.3) is 5.69 Å². The number of hydrogen-bond acceptors (Lipinski definition) is 7. The molecule has 4 rings (SSSR count). The fourth-order valence-electron chi connectivity index (χ4n) is 2.74. The average molecular weight is 326 g/mol. The normalized spacial score (nSPS) is 15.3.